The van der Waals surface area contributed by atoms with E-state index in [2.05, 4.69) is 10.6 Å². The summed E-state index contributed by atoms with van der Waals surface area (Å²) in [4.78, 5) is 0. The third kappa shape index (κ3) is 2.52. The third-order valence-corrected chi connectivity index (χ3v) is 3.21. The zero-order valence-corrected chi connectivity index (χ0v) is 10.3. The molecule has 1 aromatic rings. The van der Waals surface area contributed by atoms with Gasteiger partial charge < -0.3 is 24.8 Å². The lowest BCUT2D eigenvalue weighted by atomic mass is 10.2. The van der Waals surface area contributed by atoms with Crippen molar-refractivity contribution in [3.63, 3.8) is 0 Å². The minimum Gasteiger partial charge on any atom is -0.489 e. The van der Waals surface area contributed by atoms with Gasteiger partial charge in [-0.2, -0.15) is 0 Å². The van der Waals surface area contributed by atoms with Crippen molar-refractivity contribution >= 4 is 0 Å². The number of nitrogens with one attached hydrogen (secondary N) is 2. The van der Waals surface area contributed by atoms with E-state index in [1.165, 1.54) is 0 Å². The molecule has 1 aromatic carbocycles. The van der Waals surface area contributed by atoms with Crippen LogP contribution in [-0.2, 0) is 0 Å². The van der Waals surface area contributed by atoms with Crippen LogP contribution in [0.1, 0.15) is 6.42 Å². The number of hydrogen-bond donors (Lipinski definition) is 2. The Morgan fingerprint density at radius 3 is 3.17 bits per heavy atom. The summed E-state index contributed by atoms with van der Waals surface area (Å²) in [6.07, 6.45) is 0.984. The average molecular weight is 250 g/mol. The molecule has 0 spiro atoms. The molecule has 5 heteroatoms. The summed E-state index contributed by atoms with van der Waals surface area (Å²) < 4.78 is 16.5. The van der Waals surface area contributed by atoms with Crippen molar-refractivity contribution in [1.29, 1.82) is 0 Å². The predicted molar refractivity (Wildman–Crippen MR) is 67.3 cm³/mol. The van der Waals surface area contributed by atoms with Crippen molar-refractivity contribution in [2.24, 2.45) is 0 Å². The summed E-state index contributed by atoms with van der Waals surface area (Å²) in [6.45, 7) is 4.05. The molecule has 0 bridgehead atoms. The smallest absolute Gasteiger partial charge is 0.231 e. The van der Waals surface area contributed by atoms with Crippen LogP contribution in [-0.4, -0.2) is 39.1 Å². The van der Waals surface area contributed by atoms with E-state index in [1.807, 2.05) is 18.2 Å². The Morgan fingerprint density at radius 2 is 2.28 bits per heavy atom. The van der Waals surface area contributed by atoms with Crippen LogP contribution >= 0.6 is 0 Å². The van der Waals surface area contributed by atoms with Gasteiger partial charge in [0.15, 0.2) is 11.5 Å². The molecule has 2 aliphatic rings. The molecule has 0 aromatic heterocycles. The maximum atomic E-state index is 5.78. The van der Waals surface area contributed by atoms with Crippen LogP contribution in [0.3, 0.4) is 0 Å². The molecule has 0 radical (unpaired) electrons. The molecule has 1 fully saturated rings. The second-order valence-corrected chi connectivity index (χ2v) is 4.48. The molecule has 1 atom stereocenters. The number of rotatable bonds is 4. The fraction of sp³-hybridized carbons (Fsp3) is 0.538. The van der Waals surface area contributed by atoms with E-state index in [0.29, 0.717) is 12.6 Å². The van der Waals surface area contributed by atoms with Crippen LogP contribution in [0.2, 0.25) is 0 Å². The van der Waals surface area contributed by atoms with Gasteiger partial charge in [-0.15, -0.1) is 0 Å². The number of para-hydroxylation sites is 1. The molecule has 0 aliphatic carbocycles. The van der Waals surface area contributed by atoms with Gasteiger partial charge in [-0.05, 0) is 18.6 Å². The van der Waals surface area contributed by atoms with Gasteiger partial charge in [0.1, 0.15) is 0 Å². The number of hydrogen-bond acceptors (Lipinski definition) is 5. The highest BCUT2D eigenvalue weighted by Gasteiger charge is 2.18. The van der Waals surface area contributed by atoms with Crippen molar-refractivity contribution in [1.82, 2.24) is 10.6 Å². The third-order valence-electron chi connectivity index (χ3n) is 3.21. The summed E-state index contributed by atoms with van der Waals surface area (Å²) in [5.74, 6) is 2.27. The molecule has 2 N–H and O–H groups in total. The summed E-state index contributed by atoms with van der Waals surface area (Å²) in [5, 5.41) is 6.82. The number of fused-ring (bicyclic) bond motifs is 1. The number of ether oxygens (including phenoxy) is 3. The van der Waals surface area contributed by atoms with Gasteiger partial charge in [-0.1, -0.05) is 6.07 Å². The van der Waals surface area contributed by atoms with Crippen LogP contribution in [0.4, 0.5) is 0 Å². The summed E-state index contributed by atoms with van der Waals surface area (Å²) in [5.41, 5.74) is 0. The number of benzene rings is 1. The molecule has 0 saturated carbocycles. The van der Waals surface area contributed by atoms with Crippen LogP contribution < -0.4 is 24.8 Å². The summed E-state index contributed by atoms with van der Waals surface area (Å²) in [7, 11) is 0. The van der Waals surface area contributed by atoms with Gasteiger partial charge >= 0.3 is 0 Å². The van der Waals surface area contributed by atoms with Crippen LogP contribution in [0.5, 0.6) is 17.2 Å². The second kappa shape index (κ2) is 5.46. The van der Waals surface area contributed by atoms with Gasteiger partial charge in [0.05, 0.1) is 6.61 Å². The Morgan fingerprint density at radius 1 is 1.28 bits per heavy atom. The summed E-state index contributed by atoms with van der Waals surface area (Å²) >= 11 is 0. The maximum absolute atomic E-state index is 5.78. The highest BCUT2D eigenvalue weighted by molar-refractivity contribution is 5.52. The van der Waals surface area contributed by atoms with Crippen molar-refractivity contribution in [2.45, 2.75) is 12.5 Å². The molecular weight excluding hydrogens is 232 g/mol. The van der Waals surface area contributed by atoms with E-state index in [1.54, 1.807) is 0 Å². The molecule has 2 heterocycles. The Balaban J connectivity index is 1.52. The first-order valence-corrected chi connectivity index (χ1v) is 6.39. The normalized spacial score (nSPS) is 21.9. The van der Waals surface area contributed by atoms with Gasteiger partial charge in [-0.3, -0.25) is 0 Å². The van der Waals surface area contributed by atoms with Gasteiger partial charge in [0.2, 0.25) is 12.5 Å². The molecule has 2 aliphatic heterocycles. The quantitative estimate of drug-likeness (QED) is 0.825. The molecule has 5 nitrogen and oxygen atoms in total. The van der Waals surface area contributed by atoms with Crippen LogP contribution in [0, 0.1) is 0 Å². The highest BCUT2D eigenvalue weighted by Crippen LogP contribution is 2.40. The van der Waals surface area contributed by atoms with Crippen molar-refractivity contribution in [2.75, 3.05) is 33.0 Å². The van der Waals surface area contributed by atoms with Gasteiger partial charge in [-0.25, -0.2) is 0 Å². The molecule has 3 rings (SSSR count). The van der Waals surface area contributed by atoms with E-state index in [0.717, 1.165) is 43.3 Å². The zero-order chi connectivity index (χ0) is 12.2. The lowest BCUT2D eigenvalue weighted by Gasteiger charge is -2.24. The average Bonchev–Trinajstić information content (AvgIpc) is 2.89. The minimum atomic E-state index is 0.282. The Bertz CT molecular complexity index is 405. The first-order valence-electron chi connectivity index (χ1n) is 6.39. The zero-order valence-electron chi connectivity index (χ0n) is 10.3. The molecule has 1 saturated heterocycles. The molecule has 98 valence electrons. The predicted octanol–water partition coefficient (Wildman–Crippen LogP) is 0.746. The van der Waals surface area contributed by atoms with Crippen LogP contribution in [0.15, 0.2) is 18.2 Å². The van der Waals surface area contributed by atoms with E-state index in [9.17, 15) is 0 Å². The van der Waals surface area contributed by atoms with Gasteiger partial charge in [0.25, 0.3) is 0 Å². The first kappa shape index (κ1) is 11.6. The molecular formula is C13H18N2O3. The maximum Gasteiger partial charge on any atom is 0.231 e. The first-order chi connectivity index (χ1) is 8.93. The molecule has 1 unspecified atom stereocenters. The minimum absolute atomic E-state index is 0.282. The largest absolute Gasteiger partial charge is 0.489 e. The lowest BCUT2D eigenvalue weighted by Crippen LogP contribution is -2.48. The Hall–Kier alpha value is -1.46. The van der Waals surface area contributed by atoms with Crippen LogP contribution in [0.25, 0.3) is 0 Å². The topological polar surface area (TPSA) is 51.8 Å². The molecule has 0 amide bonds. The highest BCUT2D eigenvalue weighted by atomic mass is 16.7. The SMILES string of the molecule is c1cc(OCCC2CNCCN2)c2c(c1)OCO2. The van der Waals surface area contributed by atoms with E-state index < -0.39 is 0 Å². The van der Waals surface area contributed by atoms with Crippen molar-refractivity contribution < 1.29 is 14.2 Å². The van der Waals surface area contributed by atoms with Crippen molar-refractivity contribution in [3.8, 4) is 17.2 Å². The van der Waals surface area contributed by atoms with E-state index >= 15 is 0 Å². The Kier molecular flexibility index (Phi) is 3.52. The second-order valence-electron chi connectivity index (χ2n) is 4.48. The Labute approximate surface area is 106 Å². The molecule has 18 heavy (non-hydrogen) atoms. The standard InChI is InChI=1S/C13H18N2O3/c1-2-11(13-12(3-1)17-9-18-13)16-7-4-10-8-14-5-6-15-10/h1-3,10,14-15H,4-9H2. The van der Waals surface area contributed by atoms with E-state index in [-0.39, 0.29) is 6.79 Å². The van der Waals surface area contributed by atoms with Crippen molar-refractivity contribution in [3.05, 3.63) is 18.2 Å². The lowest BCUT2D eigenvalue weighted by molar-refractivity contribution is 0.169. The monoisotopic (exact) mass is 250 g/mol. The fourth-order valence-electron chi connectivity index (χ4n) is 2.25. The van der Waals surface area contributed by atoms with Gasteiger partial charge in [0, 0.05) is 25.7 Å². The summed E-state index contributed by atoms with van der Waals surface area (Å²) in [6, 6.07) is 6.22. The number of piperazine rings is 1. The van der Waals surface area contributed by atoms with E-state index in [4.69, 9.17) is 14.2 Å². The fourth-order valence-corrected chi connectivity index (χ4v) is 2.25.